The lowest BCUT2D eigenvalue weighted by molar-refractivity contribution is -0.123. The van der Waals surface area contributed by atoms with Gasteiger partial charge in [-0.05, 0) is 93.4 Å². The molecule has 1 amide bonds. The molecule has 1 aliphatic heterocycles. The smallest absolute Gasteiger partial charge is 0.338 e. The van der Waals surface area contributed by atoms with E-state index >= 15 is 0 Å². The number of hydrogen-bond donors (Lipinski definition) is 0. The summed E-state index contributed by atoms with van der Waals surface area (Å²) in [5, 5.41) is 2.98. The van der Waals surface area contributed by atoms with E-state index in [2.05, 4.69) is 35.2 Å². The van der Waals surface area contributed by atoms with Gasteiger partial charge in [-0.1, -0.05) is 43.0 Å². The van der Waals surface area contributed by atoms with Gasteiger partial charge >= 0.3 is 12.0 Å². The molecular weight excluding hydrogens is 566 g/mol. The molecule has 8 nitrogen and oxygen atoms in total. The topological polar surface area (TPSA) is 82.4 Å². The third-order valence-corrected chi connectivity index (χ3v) is 7.45. The molecule has 0 aliphatic carbocycles. The van der Waals surface area contributed by atoms with Crippen molar-refractivity contribution in [2.24, 2.45) is 4.99 Å². The van der Waals surface area contributed by atoms with Gasteiger partial charge < -0.3 is 18.8 Å². The number of ether oxygens (including phenoxy) is 3. The highest BCUT2D eigenvalue weighted by Gasteiger charge is 2.35. The van der Waals surface area contributed by atoms with Gasteiger partial charge in [-0.15, -0.1) is 0 Å². The predicted octanol–water partition coefficient (Wildman–Crippen LogP) is 6.00. The molecule has 1 aromatic heterocycles. The van der Waals surface area contributed by atoms with Crippen molar-refractivity contribution >= 4 is 47.1 Å². The fraction of sp³-hybridized carbons (Fsp3) is 0.216. The highest BCUT2D eigenvalue weighted by Crippen LogP contribution is 2.26. The van der Waals surface area contributed by atoms with Crippen LogP contribution in [0, 0.1) is 0 Å². The van der Waals surface area contributed by atoms with Crippen LogP contribution < -0.4 is 15.3 Å². The van der Waals surface area contributed by atoms with E-state index in [-0.39, 0.29) is 30.8 Å². The van der Waals surface area contributed by atoms with Crippen molar-refractivity contribution < 1.29 is 23.8 Å². The summed E-state index contributed by atoms with van der Waals surface area (Å²) < 4.78 is 19.0. The molecular formula is C37H37N3O5. The van der Waals surface area contributed by atoms with E-state index < -0.39 is 5.97 Å². The maximum Gasteiger partial charge on any atom is 0.338 e. The lowest BCUT2D eigenvalue weighted by atomic mass is 10.1. The van der Waals surface area contributed by atoms with Gasteiger partial charge in [0.25, 0.3) is 5.91 Å². The van der Waals surface area contributed by atoms with Crippen molar-refractivity contribution in [1.29, 1.82) is 0 Å². The second-order valence-corrected chi connectivity index (χ2v) is 10.3. The first kappa shape index (κ1) is 31.1. The van der Waals surface area contributed by atoms with E-state index in [4.69, 9.17) is 14.2 Å². The van der Waals surface area contributed by atoms with Crippen LogP contribution in [0.2, 0.25) is 0 Å². The Balaban J connectivity index is 1.52. The standard InChI is InChI=1S/C37H37N3O5/c1-6-26(22-32-25(5)39(7-2)33-13-11-10-12-31(32)33)23-34-35(41)40(24-27-14-20-30(21-15-27)43-8-3)37(45-34)38-29-18-16-28(17-19-29)36(42)44-9-4/h6,10-23H,5,7-9,24H2,1-4H3/b26-6+,32-22+,34-23+,38-37?. The Bertz CT molecular complexity index is 1920. The minimum absolute atomic E-state index is 0.139. The summed E-state index contributed by atoms with van der Waals surface area (Å²) in [5.74, 6) is 0.180. The monoisotopic (exact) mass is 603 g/mol. The van der Waals surface area contributed by atoms with Gasteiger partial charge in [0.2, 0.25) is 0 Å². The van der Waals surface area contributed by atoms with Crippen LogP contribution in [0.4, 0.5) is 5.69 Å². The number of fused-ring (bicyclic) bond motifs is 1. The molecule has 0 spiro atoms. The Kier molecular flexibility index (Phi) is 9.63. The Morgan fingerprint density at radius 3 is 2.36 bits per heavy atom. The fourth-order valence-corrected chi connectivity index (χ4v) is 5.20. The van der Waals surface area contributed by atoms with Crippen molar-refractivity contribution in [3.8, 4) is 5.75 Å². The molecule has 8 heteroatoms. The molecule has 230 valence electrons. The van der Waals surface area contributed by atoms with Crippen molar-refractivity contribution in [1.82, 2.24) is 9.47 Å². The first-order valence-corrected chi connectivity index (χ1v) is 15.1. The first-order chi connectivity index (χ1) is 21.9. The molecule has 0 N–H and O–H groups in total. The summed E-state index contributed by atoms with van der Waals surface area (Å²) >= 11 is 0. The zero-order valence-electron chi connectivity index (χ0n) is 26.1. The summed E-state index contributed by atoms with van der Waals surface area (Å²) in [7, 11) is 0. The molecule has 0 bridgehead atoms. The molecule has 0 atom stereocenters. The summed E-state index contributed by atoms with van der Waals surface area (Å²) in [4.78, 5) is 32.1. The number of hydrogen-bond acceptors (Lipinski definition) is 6. The lowest BCUT2D eigenvalue weighted by Gasteiger charge is -2.14. The number of aryl methyl sites for hydroxylation is 1. The van der Waals surface area contributed by atoms with Gasteiger partial charge in [-0.2, -0.15) is 4.99 Å². The van der Waals surface area contributed by atoms with Crippen LogP contribution in [0.5, 0.6) is 5.75 Å². The zero-order valence-corrected chi connectivity index (χ0v) is 26.1. The summed E-state index contributed by atoms with van der Waals surface area (Å²) in [6.07, 6.45) is 5.69. The van der Waals surface area contributed by atoms with Gasteiger partial charge in [0.15, 0.2) is 5.76 Å². The molecule has 4 aromatic rings. The molecule has 0 unspecified atom stereocenters. The molecule has 1 saturated heterocycles. The zero-order chi connectivity index (χ0) is 31.9. The van der Waals surface area contributed by atoms with Gasteiger partial charge in [-0.3, -0.25) is 9.69 Å². The Morgan fingerprint density at radius 1 is 0.956 bits per heavy atom. The van der Waals surface area contributed by atoms with E-state index in [1.165, 1.54) is 4.90 Å². The predicted molar refractivity (Wildman–Crippen MR) is 177 cm³/mol. The average molecular weight is 604 g/mol. The number of amidine groups is 1. The number of carbonyl (C=O) groups excluding carboxylic acids is 2. The van der Waals surface area contributed by atoms with Crippen molar-refractivity contribution in [2.75, 3.05) is 13.2 Å². The molecule has 3 aromatic carbocycles. The molecule has 45 heavy (non-hydrogen) atoms. The molecule has 1 fully saturated rings. The van der Waals surface area contributed by atoms with E-state index in [0.717, 1.165) is 44.9 Å². The van der Waals surface area contributed by atoms with Crippen LogP contribution >= 0.6 is 0 Å². The van der Waals surface area contributed by atoms with Crippen molar-refractivity contribution in [2.45, 2.75) is 40.8 Å². The maximum atomic E-state index is 13.8. The second kappa shape index (κ2) is 13.9. The highest BCUT2D eigenvalue weighted by molar-refractivity contribution is 6.10. The normalized spacial score (nSPS) is 15.7. The quantitative estimate of drug-likeness (QED) is 0.164. The number of amides is 1. The SMILES string of the molecule is C=c1\c(=C/C(=C\C)/C=C2/OC(=Nc3ccc(C(=O)OCC)cc3)N(Cc3ccc(OCC)cc3)C2=O)c2ccccc2n1CC. The largest absolute Gasteiger partial charge is 0.494 e. The van der Waals surface area contributed by atoms with Crippen LogP contribution in [0.25, 0.3) is 23.6 Å². The summed E-state index contributed by atoms with van der Waals surface area (Å²) in [6, 6.07) is 22.6. The number of allylic oxidation sites excluding steroid dienone is 3. The van der Waals surface area contributed by atoms with E-state index in [1.54, 1.807) is 37.3 Å². The Hall–Kier alpha value is -5.37. The number of aromatic nitrogens is 1. The van der Waals surface area contributed by atoms with Gasteiger partial charge in [0, 0.05) is 28.0 Å². The maximum absolute atomic E-state index is 13.8. The number of nitrogens with zero attached hydrogens (tertiary/aromatic N) is 3. The minimum atomic E-state index is -0.408. The molecule has 0 radical (unpaired) electrons. The summed E-state index contributed by atoms with van der Waals surface area (Å²) in [6.45, 7) is 13.9. The number of benzene rings is 3. The van der Waals surface area contributed by atoms with Gasteiger partial charge in [0.05, 0.1) is 31.0 Å². The van der Waals surface area contributed by atoms with Crippen LogP contribution in [0.15, 0.2) is 101 Å². The molecule has 5 rings (SSSR count). The van der Waals surface area contributed by atoms with E-state index in [9.17, 15) is 9.59 Å². The van der Waals surface area contributed by atoms with Crippen molar-refractivity contribution in [3.63, 3.8) is 0 Å². The van der Waals surface area contributed by atoms with Gasteiger partial charge in [-0.25, -0.2) is 4.79 Å². The fourth-order valence-electron chi connectivity index (χ4n) is 5.20. The molecule has 2 heterocycles. The minimum Gasteiger partial charge on any atom is -0.494 e. The number of aliphatic imine (C=N–C) groups is 1. The van der Waals surface area contributed by atoms with E-state index in [1.807, 2.05) is 62.4 Å². The number of para-hydroxylation sites is 1. The van der Waals surface area contributed by atoms with Crippen LogP contribution in [0.1, 0.15) is 43.6 Å². The number of esters is 1. The average Bonchev–Trinajstić information content (AvgIpc) is 3.49. The summed E-state index contributed by atoms with van der Waals surface area (Å²) in [5.41, 5.74) is 3.73. The van der Waals surface area contributed by atoms with Crippen LogP contribution in [-0.4, -0.2) is 40.6 Å². The third kappa shape index (κ3) is 6.75. The Morgan fingerprint density at radius 2 is 1.69 bits per heavy atom. The van der Waals surface area contributed by atoms with Gasteiger partial charge in [0.1, 0.15) is 5.75 Å². The van der Waals surface area contributed by atoms with Crippen LogP contribution in [0.3, 0.4) is 0 Å². The second-order valence-electron chi connectivity index (χ2n) is 10.3. The molecule has 1 aliphatic rings. The lowest BCUT2D eigenvalue weighted by Crippen LogP contribution is -2.29. The highest BCUT2D eigenvalue weighted by atomic mass is 16.5. The van der Waals surface area contributed by atoms with Crippen molar-refractivity contribution in [3.05, 3.63) is 118 Å². The van der Waals surface area contributed by atoms with Crippen LogP contribution in [-0.2, 0) is 27.4 Å². The number of carbonyl (C=O) groups is 2. The van der Waals surface area contributed by atoms with E-state index in [0.29, 0.717) is 17.9 Å². The number of rotatable bonds is 10. The first-order valence-electron chi connectivity index (χ1n) is 15.1. The molecule has 0 saturated carbocycles. The third-order valence-electron chi connectivity index (χ3n) is 7.45. The Labute approximate surface area is 262 Å².